The Labute approximate surface area is 210 Å². The Kier molecular flexibility index (Phi) is 6.37. The number of pyridine rings is 1. The van der Waals surface area contributed by atoms with Crippen molar-refractivity contribution in [2.24, 2.45) is 0 Å². The van der Waals surface area contributed by atoms with Gasteiger partial charge in [0.25, 0.3) is 5.56 Å². The van der Waals surface area contributed by atoms with Crippen molar-refractivity contribution in [3.05, 3.63) is 87.5 Å². The first-order chi connectivity index (χ1) is 17.7. The molecule has 186 valence electrons. The standard InChI is InChI=1S/C28H33N7O/c1-20-11-12-22-18-24(28(36)29-25(22)17-20)26(27-30-31-32-35(27)23-9-5-6-10-23)34-15-13-33(14-16-34)19-21-7-3-2-4-8-21/h2-4,7-8,11-12,17-18,23,26H,5-6,9-10,13-16,19H2,1H3,(H,29,36)/t26-/m0/s1. The van der Waals surface area contributed by atoms with E-state index in [1.165, 1.54) is 18.4 Å². The van der Waals surface area contributed by atoms with Crippen LogP contribution in [-0.4, -0.2) is 61.2 Å². The average Bonchev–Trinajstić information content (AvgIpc) is 3.59. The van der Waals surface area contributed by atoms with Crippen LogP contribution in [0.2, 0.25) is 0 Å². The number of nitrogens with zero attached hydrogens (tertiary/aromatic N) is 6. The fourth-order valence-electron chi connectivity index (χ4n) is 5.84. The smallest absolute Gasteiger partial charge is 0.253 e. The van der Waals surface area contributed by atoms with Crippen LogP contribution in [-0.2, 0) is 6.54 Å². The molecule has 0 amide bonds. The van der Waals surface area contributed by atoms with Crippen molar-refractivity contribution in [3.8, 4) is 0 Å². The first kappa shape index (κ1) is 23.1. The first-order valence-electron chi connectivity index (χ1n) is 13.1. The number of nitrogens with one attached hydrogen (secondary N) is 1. The van der Waals surface area contributed by atoms with Gasteiger partial charge in [0.15, 0.2) is 5.82 Å². The predicted octanol–water partition coefficient (Wildman–Crippen LogP) is 3.85. The molecule has 1 saturated heterocycles. The van der Waals surface area contributed by atoms with Crippen molar-refractivity contribution in [2.45, 2.75) is 51.2 Å². The monoisotopic (exact) mass is 483 g/mol. The largest absolute Gasteiger partial charge is 0.322 e. The lowest BCUT2D eigenvalue weighted by Crippen LogP contribution is -2.48. The van der Waals surface area contributed by atoms with E-state index in [0.717, 1.165) is 73.4 Å². The molecule has 8 heteroatoms. The van der Waals surface area contributed by atoms with E-state index in [1.54, 1.807) is 0 Å². The van der Waals surface area contributed by atoms with Crippen molar-refractivity contribution in [1.29, 1.82) is 0 Å². The maximum Gasteiger partial charge on any atom is 0.253 e. The predicted molar refractivity (Wildman–Crippen MR) is 140 cm³/mol. The quantitative estimate of drug-likeness (QED) is 0.449. The van der Waals surface area contributed by atoms with E-state index in [2.05, 4.69) is 72.8 Å². The minimum absolute atomic E-state index is 0.0641. The van der Waals surface area contributed by atoms with Crippen LogP contribution in [0.15, 0.2) is 59.4 Å². The Balaban J connectivity index is 1.34. The van der Waals surface area contributed by atoms with E-state index < -0.39 is 0 Å². The Morgan fingerprint density at radius 1 is 1.00 bits per heavy atom. The minimum Gasteiger partial charge on any atom is -0.322 e. The van der Waals surface area contributed by atoms with Crippen LogP contribution in [0.25, 0.3) is 10.9 Å². The zero-order valence-corrected chi connectivity index (χ0v) is 20.8. The van der Waals surface area contributed by atoms with Crippen LogP contribution in [0.1, 0.15) is 60.3 Å². The summed E-state index contributed by atoms with van der Waals surface area (Å²) in [7, 11) is 0. The number of aromatic amines is 1. The summed E-state index contributed by atoms with van der Waals surface area (Å²) in [5, 5.41) is 14.1. The van der Waals surface area contributed by atoms with Crippen LogP contribution in [0.5, 0.6) is 0 Å². The lowest BCUT2D eigenvalue weighted by molar-refractivity contribution is 0.0989. The van der Waals surface area contributed by atoms with Crippen LogP contribution in [0.4, 0.5) is 0 Å². The Morgan fingerprint density at radius 2 is 1.78 bits per heavy atom. The zero-order chi connectivity index (χ0) is 24.5. The van der Waals surface area contributed by atoms with E-state index in [9.17, 15) is 4.79 Å². The molecule has 2 aliphatic rings. The molecule has 1 saturated carbocycles. The zero-order valence-electron chi connectivity index (χ0n) is 20.8. The number of hydrogen-bond acceptors (Lipinski definition) is 6. The van der Waals surface area contributed by atoms with Gasteiger partial charge in [0.2, 0.25) is 0 Å². The summed E-state index contributed by atoms with van der Waals surface area (Å²) in [4.78, 5) is 21.5. The molecule has 0 bridgehead atoms. The van der Waals surface area contributed by atoms with Gasteiger partial charge in [0.05, 0.1) is 6.04 Å². The van der Waals surface area contributed by atoms with Gasteiger partial charge in [-0.15, -0.1) is 5.10 Å². The average molecular weight is 484 g/mol. The molecule has 0 spiro atoms. The fraction of sp³-hybridized carbons (Fsp3) is 0.429. The highest BCUT2D eigenvalue weighted by atomic mass is 16.1. The number of rotatable bonds is 6. The third kappa shape index (κ3) is 4.58. The molecular weight excluding hydrogens is 450 g/mol. The topological polar surface area (TPSA) is 82.9 Å². The van der Waals surface area contributed by atoms with Crippen molar-refractivity contribution in [3.63, 3.8) is 0 Å². The number of H-pyrrole nitrogens is 1. The second-order valence-electron chi connectivity index (χ2n) is 10.3. The van der Waals surface area contributed by atoms with E-state index >= 15 is 0 Å². The van der Waals surface area contributed by atoms with Gasteiger partial charge in [-0.3, -0.25) is 14.6 Å². The van der Waals surface area contributed by atoms with Gasteiger partial charge in [0, 0.05) is 43.8 Å². The molecular formula is C28H33N7O. The molecule has 1 aliphatic heterocycles. The number of aryl methyl sites for hydroxylation is 1. The number of fused-ring (bicyclic) bond motifs is 1. The summed E-state index contributed by atoms with van der Waals surface area (Å²) in [6, 6.07) is 18.9. The SMILES string of the molecule is Cc1ccc2cc([C@@H](c3nnnn3C3CCCC3)N3CCN(Cc4ccccc4)CC3)c(=O)[nH]c2c1. The van der Waals surface area contributed by atoms with E-state index in [0.29, 0.717) is 6.04 Å². The highest BCUT2D eigenvalue weighted by molar-refractivity contribution is 5.79. The summed E-state index contributed by atoms with van der Waals surface area (Å²) >= 11 is 0. The summed E-state index contributed by atoms with van der Waals surface area (Å²) in [5.41, 5.74) is 3.98. The normalized spacial score (nSPS) is 18.7. The molecule has 1 atom stereocenters. The molecule has 2 aromatic carbocycles. The van der Waals surface area contributed by atoms with E-state index in [4.69, 9.17) is 0 Å². The molecule has 1 aliphatic carbocycles. The number of piperazine rings is 1. The van der Waals surface area contributed by atoms with Crippen molar-refractivity contribution in [1.82, 2.24) is 35.0 Å². The summed E-state index contributed by atoms with van der Waals surface area (Å²) in [6.45, 7) is 6.54. The maximum atomic E-state index is 13.5. The molecule has 8 nitrogen and oxygen atoms in total. The molecule has 1 N–H and O–H groups in total. The van der Waals surface area contributed by atoms with Crippen LogP contribution < -0.4 is 5.56 Å². The first-order valence-corrected chi connectivity index (χ1v) is 13.1. The minimum atomic E-state index is -0.283. The number of benzene rings is 2. The van der Waals surface area contributed by atoms with Gasteiger partial charge >= 0.3 is 0 Å². The van der Waals surface area contributed by atoms with E-state index in [1.807, 2.05) is 23.7 Å². The summed E-state index contributed by atoms with van der Waals surface area (Å²) < 4.78 is 2.01. The number of hydrogen-bond donors (Lipinski definition) is 1. The second kappa shape index (κ2) is 9.95. The Morgan fingerprint density at radius 3 is 2.56 bits per heavy atom. The van der Waals surface area contributed by atoms with Gasteiger partial charge in [-0.25, -0.2) is 4.68 Å². The molecule has 2 fully saturated rings. The highest BCUT2D eigenvalue weighted by Gasteiger charge is 2.34. The van der Waals surface area contributed by atoms with Crippen LogP contribution >= 0.6 is 0 Å². The van der Waals surface area contributed by atoms with Crippen molar-refractivity contribution in [2.75, 3.05) is 26.2 Å². The van der Waals surface area contributed by atoms with Gasteiger partial charge < -0.3 is 4.98 Å². The summed E-state index contributed by atoms with van der Waals surface area (Å²) in [5.74, 6) is 0.787. The molecule has 0 unspecified atom stereocenters. The Hall–Kier alpha value is -3.36. The molecule has 4 aromatic rings. The van der Waals surface area contributed by atoms with Gasteiger partial charge in [-0.2, -0.15) is 0 Å². The third-order valence-corrected chi connectivity index (χ3v) is 7.78. The molecule has 6 rings (SSSR count). The molecule has 0 radical (unpaired) electrons. The number of tetrazole rings is 1. The molecule has 2 aromatic heterocycles. The van der Waals surface area contributed by atoms with Crippen LogP contribution in [0, 0.1) is 6.92 Å². The third-order valence-electron chi connectivity index (χ3n) is 7.78. The summed E-state index contributed by atoms with van der Waals surface area (Å²) in [6.07, 6.45) is 4.57. The fourth-order valence-corrected chi connectivity index (χ4v) is 5.84. The van der Waals surface area contributed by atoms with Gasteiger partial charge in [-0.1, -0.05) is 55.3 Å². The van der Waals surface area contributed by atoms with Crippen molar-refractivity contribution < 1.29 is 0 Å². The molecule has 3 heterocycles. The lowest BCUT2D eigenvalue weighted by atomic mass is 10.0. The number of aromatic nitrogens is 5. The van der Waals surface area contributed by atoms with E-state index in [-0.39, 0.29) is 11.6 Å². The van der Waals surface area contributed by atoms with Gasteiger partial charge in [-0.05, 0) is 58.8 Å². The molecule has 36 heavy (non-hydrogen) atoms. The van der Waals surface area contributed by atoms with Crippen molar-refractivity contribution >= 4 is 10.9 Å². The second-order valence-corrected chi connectivity index (χ2v) is 10.3. The highest BCUT2D eigenvalue weighted by Crippen LogP contribution is 2.34. The maximum absolute atomic E-state index is 13.5. The lowest BCUT2D eigenvalue weighted by Gasteiger charge is -2.39. The Bertz CT molecular complexity index is 1380. The van der Waals surface area contributed by atoms with Gasteiger partial charge in [0.1, 0.15) is 6.04 Å². The van der Waals surface area contributed by atoms with Crippen LogP contribution in [0.3, 0.4) is 0 Å².